The van der Waals surface area contributed by atoms with Gasteiger partial charge in [-0.25, -0.2) is 9.97 Å². The SMILES string of the molecule is O=C(Nc1ccc(-c2cnco2)cc1)c1nc(Cl)cs1. The zero-order chi connectivity index (χ0) is 13.9. The van der Waals surface area contributed by atoms with E-state index in [1.165, 1.54) is 17.7 Å². The Balaban J connectivity index is 1.74. The minimum Gasteiger partial charge on any atom is -0.444 e. The summed E-state index contributed by atoms with van der Waals surface area (Å²) in [5, 5.41) is 5.01. The summed E-state index contributed by atoms with van der Waals surface area (Å²) in [6, 6.07) is 7.24. The molecule has 0 aliphatic rings. The quantitative estimate of drug-likeness (QED) is 0.801. The second-order valence-electron chi connectivity index (χ2n) is 3.87. The molecule has 2 aromatic heterocycles. The number of hydrogen-bond acceptors (Lipinski definition) is 5. The maximum absolute atomic E-state index is 11.9. The second kappa shape index (κ2) is 5.44. The predicted octanol–water partition coefficient (Wildman–Crippen LogP) is 3.70. The zero-order valence-electron chi connectivity index (χ0n) is 10.0. The van der Waals surface area contributed by atoms with Gasteiger partial charge in [0.25, 0.3) is 5.91 Å². The van der Waals surface area contributed by atoms with Crippen LogP contribution in [0, 0.1) is 0 Å². The lowest BCUT2D eigenvalue weighted by Crippen LogP contribution is -2.11. The van der Waals surface area contributed by atoms with Crippen molar-refractivity contribution in [2.24, 2.45) is 0 Å². The van der Waals surface area contributed by atoms with Crippen molar-refractivity contribution in [2.75, 3.05) is 5.32 Å². The Hall–Kier alpha value is -2.18. The van der Waals surface area contributed by atoms with Crippen LogP contribution in [0.15, 0.2) is 46.7 Å². The third-order valence-electron chi connectivity index (χ3n) is 2.53. The first-order chi connectivity index (χ1) is 9.72. The Labute approximate surface area is 123 Å². The largest absolute Gasteiger partial charge is 0.444 e. The molecule has 0 saturated heterocycles. The number of aromatic nitrogens is 2. The van der Waals surface area contributed by atoms with Crippen LogP contribution < -0.4 is 5.32 Å². The van der Waals surface area contributed by atoms with E-state index in [1.807, 2.05) is 12.1 Å². The number of carbonyl (C=O) groups is 1. The Morgan fingerprint density at radius 1 is 1.30 bits per heavy atom. The Morgan fingerprint density at radius 2 is 2.10 bits per heavy atom. The lowest BCUT2D eigenvalue weighted by Gasteiger charge is -2.03. The Kier molecular flexibility index (Phi) is 3.49. The van der Waals surface area contributed by atoms with Crippen molar-refractivity contribution in [1.82, 2.24) is 9.97 Å². The van der Waals surface area contributed by atoms with E-state index >= 15 is 0 Å². The lowest BCUT2D eigenvalue weighted by molar-refractivity contribution is 0.102. The van der Waals surface area contributed by atoms with Crippen molar-refractivity contribution in [1.29, 1.82) is 0 Å². The first-order valence-electron chi connectivity index (χ1n) is 5.64. The number of nitrogens with one attached hydrogen (secondary N) is 1. The normalized spacial score (nSPS) is 10.4. The summed E-state index contributed by atoms with van der Waals surface area (Å²) in [4.78, 5) is 19.7. The lowest BCUT2D eigenvalue weighted by atomic mass is 10.2. The van der Waals surface area contributed by atoms with Crippen LogP contribution in [-0.2, 0) is 0 Å². The van der Waals surface area contributed by atoms with Crippen molar-refractivity contribution in [3.63, 3.8) is 0 Å². The highest BCUT2D eigenvalue weighted by molar-refractivity contribution is 7.12. The molecule has 0 bridgehead atoms. The summed E-state index contributed by atoms with van der Waals surface area (Å²) >= 11 is 6.89. The molecule has 100 valence electrons. The number of benzene rings is 1. The van der Waals surface area contributed by atoms with Gasteiger partial charge in [-0.15, -0.1) is 11.3 Å². The molecule has 0 saturated carbocycles. The third kappa shape index (κ3) is 2.71. The molecule has 0 aliphatic heterocycles. The second-order valence-corrected chi connectivity index (χ2v) is 5.12. The van der Waals surface area contributed by atoms with E-state index in [4.69, 9.17) is 16.0 Å². The van der Waals surface area contributed by atoms with Crippen LogP contribution in [0.1, 0.15) is 9.80 Å². The van der Waals surface area contributed by atoms with Gasteiger partial charge in [0.15, 0.2) is 17.2 Å². The van der Waals surface area contributed by atoms with Crippen molar-refractivity contribution in [3.8, 4) is 11.3 Å². The van der Waals surface area contributed by atoms with Gasteiger partial charge in [-0.3, -0.25) is 4.79 Å². The molecule has 3 aromatic rings. The monoisotopic (exact) mass is 305 g/mol. The summed E-state index contributed by atoms with van der Waals surface area (Å²) in [5.41, 5.74) is 1.56. The van der Waals surface area contributed by atoms with Crippen molar-refractivity contribution in [2.45, 2.75) is 0 Å². The fourth-order valence-corrected chi connectivity index (χ4v) is 2.46. The standard InChI is InChI=1S/C13H8ClN3O2S/c14-11-6-20-13(17-11)12(18)16-9-3-1-8(2-4-9)10-5-15-7-19-10/h1-7H,(H,16,18). The fourth-order valence-electron chi connectivity index (χ4n) is 1.62. The van der Waals surface area contributed by atoms with Crippen LogP contribution in [0.4, 0.5) is 5.69 Å². The molecule has 0 aliphatic carbocycles. The van der Waals surface area contributed by atoms with Crippen LogP contribution in [0.2, 0.25) is 5.15 Å². The molecule has 0 atom stereocenters. The smallest absolute Gasteiger partial charge is 0.284 e. The first-order valence-corrected chi connectivity index (χ1v) is 6.89. The Bertz CT molecular complexity index is 722. The van der Waals surface area contributed by atoms with E-state index in [0.29, 0.717) is 21.6 Å². The van der Waals surface area contributed by atoms with Crippen LogP contribution in [0.25, 0.3) is 11.3 Å². The topological polar surface area (TPSA) is 68.0 Å². The van der Waals surface area contributed by atoms with E-state index in [1.54, 1.807) is 23.7 Å². The van der Waals surface area contributed by atoms with Gasteiger partial charge in [0, 0.05) is 16.6 Å². The maximum Gasteiger partial charge on any atom is 0.284 e. The number of nitrogens with zero attached hydrogens (tertiary/aromatic N) is 2. The molecule has 7 heteroatoms. The van der Waals surface area contributed by atoms with E-state index in [0.717, 1.165) is 5.56 Å². The molecule has 0 unspecified atom stereocenters. The number of rotatable bonds is 3. The average Bonchev–Trinajstić information content (AvgIpc) is 3.10. The zero-order valence-corrected chi connectivity index (χ0v) is 11.6. The van der Waals surface area contributed by atoms with Crippen LogP contribution in [0.3, 0.4) is 0 Å². The van der Waals surface area contributed by atoms with Gasteiger partial charge < -0.3 is 9.73 Å². The van der Waals surface area contributed by atoms with E-state index in [9.17, 15) is 4.79 Å². The fraction of sp³-hybridized carbons (Fsp3) is 0. The summed E-state index contributed by atoms with van der Waals surface area (Å²) in [6.45, 7) is 0. The molecular formula is C13H8ClN3O2S. The summed E-state index contributed by atoms with van der Waals surface area (Å²) < 4.78 is 5.19. The van der Waals surface area contributed by atoms with Crippen LogP contribution in [-0.4, -0.2) is 15.9 Å². The summed E-state index contributed by atoms with van der Waals surface area (Å²) in [5.74, 6) is 0.392. The van der Waals surface area contributed by atoms with Gasteiger partial charge in [-0.2, -0.15) is 0 Å². The Morgan fingerprint density at radius 3 is 2.70 bits per heavy atom. The van der Waals surface area contributed by atoms with E-state index in [-0.39, 0.29) is 5.91 Å². The number of amides is 1. The van der Waals surface area contributed by atoms with Crippen molar-refractivity contribution >= 4 is 34.5 Å². The molecule has 0 fully saturated rings. The molecule has 1 amide bonds. The molecule has 1 N–H and O–H groups in total. The van der Waals surface area contributed by atoms with Gasteiger partial charge in [-0.1, -0.05) is 11.6 Å². The van der Waals surface area contributed by atoms with Gasteiger partial charge in [0.2, 0.25) is 0 Å². The van der Waals surface area contributed by atoms with Crippen LogP contribution >= 0.6 is 22.9 Å². The highest BCUT2D eigenvalue weighted by Gasteiger charge is 2.11. The number of thiazole rings is 1. The number of oxazole rings is 1. The molecule has 20 heavy (non-hydrogen) atoms. The number of hydrogen-bond donors (Lipinski definition) is 1. The predicted molar refractivity (Wildman–Crippen MR) is 77.0 cm³/mol. The molecule has 5 nitrogen and oxygen atoms in total. The van der Waals surface area contributed by atoms with Gasteiger partial charge in [0.05, 0.1) is 6.20 Å². The average molecular weight is 306 g/mol. The number of anilines is 1. The van der Waals surface area contributed by atoms with Gasteiger partial charge >= 0.3 is 0 Å². The molecule has 2 heterocycles. The van der Waals surface area contributed by atoms with E-state index < -0.39 is 0 Å². The molecule has 3 rings (SSSR count). The summed E-state index contributed by atoms with van der Waals surface area (Å²) in [7, 11) is 0. The number of halogens is 1. The minimum atomic E-state index is -0.283. The molecule has 1 aromatic carbocycles. The maximum atomic E-state index is 11.9. The van der Waals surface area contributed by atoms with E-state index in [2.05, 4.69) is 15.3 Å². The van der Waals surface area contributed by atoms with Crippen molar-refractivity contribution in [3.05, 3.63) is 52.4 Å². The highest BCUT2D eigenvalue weighted by atomic mass is 35.5. The molecule has 0 radical (unpaired) electrons. The highest BCUT2D eigenvalue weighted by Crippen LogP contribution is 2.21. The van der Waals surface area contributed by atoms with Crippen LogP contribution in [0.5, 0.6) is 0 Å². The molecule has 0 spiro atoms. The van der Waals surface area contributed by atoms with Gasteiger partial charge in [0.1, 0.15) is 5.15 Å². The van der Waals surface area contributed by atoms with Crippen molar-refractivity contribution < 1.29 is 9.21 Å². The summed E-state index contributed by atoms with van der Waals surface area (Å²) in [6.07, 6.45) is 3.00. The molecular weight excluding hydrogens is 298 g/mol. The number of carbonyl (C=O) groups excluding carboxylic acids is 1. The third-order valence-corrected chi connectivity index (χ3v) is 3.69. The first kappa shape index (κ1) is 12.8. The van der Waals surface area contributed by atoms with Gasteiger partial charge in [-0.05, 0) is 24.3 Å². The minimum absolute atomic E-state index is 0.283.